The Morgan fingerprint density at radius 3 is 2.79 bits per heavy atom. The van der Waals surface area contributed by atoms with E-state index < -0.39 is 9.84 Å². The summed E-state index contributed by atoms with van der Waals surface area (Å²) in [5, 5.41) is -0.177. The second-order valence-corrected chi connectivity index (χ2v) is 6.56. The minimum Gasteiger partial charge on any atom is -0.329 e. The third-order valence-electron chi connectivity index (χ3n) is 3.44. The summed E-state index contributed by atoms with van der Waals surface area (Å²) in [5.74, 6) is 0.355. The first-order chi connectivity index (χ1) is 6.60. The van der Waals surface area contributed by atoms with Crippen LogP contribution in [0.1, 0.15) is 19.8 Å². The molecule has 2 aliphatic heterocycles. The van der Waals surface area contributed by atoms with Gasteiger partial charge in [0, 0.05) is 18.6 Å². The molecule has 14 heavy (non-hydrogen) atoms. The first-order valence-corrected chi connectivity index (χ1v) is 6.99. The summed E-state index contributed by atoms with van der Waals surface area (Å²) in [6, 6.07) is 0.331. The van der Waals surface area contributed by atoms with Gasteiger partial charge in [0.05, 0.1) is 11.0 Å². The Labute approximate surface area is 85.4 Å². The number of likely N-dealkylation sites (tertiary alicyclic amines) is 1. The average Bonchev–Trinajstić information content (AvgIpc) is 2.58. The predicted octanol–water partition coefficient (Wildman–Crippen LogP) is -0.405. The van der Waals surface area contributed by atoms with Gasteiger partial charge < -0.3 is 5.73 Å². The molecule has 0 aliphatic carbocycles. The first-order valence-electron chi connectivity index (χ1n) is 5.27. The smallest absolute Gasteiger partial charge is 0.156 e. The van der Waals surface area contributed by atoms with Crippen molar-refractivity contribution in [3.63, 3.8) is 0 Å². The number of nitrogens with two attached hydrogens (primary N) is 1. The topological polar surface area (TPSA) is 63.4 Å². The summed E-state index contributed by atoms with van der Waals surface area (Å²) < 4.78 is 23.3. The molecule has 0 aromatic carbocycles. The molecule has 3 unspecified atom stereocenters. The van der Waals surface area contributed by atoms with Crippen molar-refractivity contribution in [2.45, 2.75) is 37.1 Å². The van der Waals surface area contributed by atoms with Crippen LogP contribution < -0.4 is 5.73 Å². The molecule has 2 fully saturated rings. The highest BCUT2D eigenvalue weighted by atomic mass is 32.2. The molecular weight excluding hydrogens is 200 g/mol. The van der Waals surface area contributed by atoms with E-state index in [-0.39, 0.29) is 17.3 Å². The fourth-order valence-electron chi connectivity index (χ4n) is 2.88. The maximum atomic E-state index is 11.7. The van der Waals surface area contributed by atoms with Crippen LogP contribution in [0.3, 0.4) is 0 Å². The zero-order chi connectivity index (χ0) is 10.3. The number of fused-ring (bicyclic) bond motifs is 2. The molecule has 0 aromatic heterocycles. The molecule has 2 rings (SSSR count). The number of rotatable bonds is 3. The average molecular weight is 218 g/mol. The first kappa shape index (κ1) is 10.4. The van der Waals surface area contributed by atoms with Crippen molar-refractivity contribution in [1.82, 2.24) is 4.90 Å². The van der Waals surface area contributed by atoms with Crippen LogP contribution in [0.15, 0.2) is 0 Å². The fraction of sp³-hybridized carbons (Fsp3) is 1.00. The molecular formula is C9H18N2O2S. The maximum absolute atomic E-state index is 11.7. The van der Waals surface area contributed by atoms with E-state index in [1.54, 1.807) is 0 Å². The molecule has 4 nitrogen and oxygen atoms in total. The largest absolute Gasteiger partial charge is 0.329 e. The van der Waals surface area contributed by atoms with Crippen LogP contribution in [0.4, 0.5) is 0 Å². The third-order valence-corrected chi connectivity index (χ3v) is 5.72. The lowest BCUT2D eigenvalue weighted by atomic mass is 10.2. The van der Waals surface area contributed by atoms with Gasteiger partial charge in [-0.3, -0.25) is 4.90 Å². The second-order valence-electron chi connectivity index (χ2n) is 4.30. The Morgan fingerprint density at radius 2 is 2.21 bits per heavy atom. The van der Waals surface area contributed by atoms with E-state index in [1.165, 1.54) is 0 Å². The number of hydrogen-bond donors (Lipinski definition) is 1. The molecule has 2 aliphatic rings. The number of sulfone groups is 1. The second kappa shape index (κ2) is 3.47. The van der Waals surface area contributed by atoms with Gasteiger partial charge >= 0.3 is 0 Å². The lowest BCUT2D eigenvalue weighted by molar-refractivity contribution is 0.202. The normalized spacial score (nSPS) is 40.6. The Hall–Kier alpha value is -0.130. The molecule has 2 heterocycles. The van der Waals surface area contributed by atoms with E-state index >= 15 is 0 Å². The molecule has 3 atom stereocenters. The lowest BCUT2D eigenvalue weighted by Gasteiger charge is -2.33. The van der Waals surface area contributed by atoms with Gasteiger partial charge in [-0.1, -0.05) is 6.92 Å². The van der Waals surface area contributed by atoms with Gasteiger partial charge in [0.2, 0.25) is 0 Å². The van der Waals surface area contributed by atoms with Crippen molar-refractivity contribution in [1.29, 1.82) is 0 Å². The van der Waals surface area contributed by atoms with Crippen LogP contribution >= 0.6 is 0 Å². The SMILES string of the molecule is CCCN1C2CC(C1CN)S(=O)(=O)C2. The lowest BCUT2D eigenvalue weighted by Crippen LogP contribution is -2.52. The summed E-state index contributed by atoms with van der Waals surface area (Å²) in [6.45, 7) is 3.58. The van der Waals surface area contributed by atoms with Crippen molar-refractivity contribution in [3.05, 3.63) is 0 Å². The van der Waals surface area contributed by atoms with Crippen molar-refractivity contribution in [2.75, 3.05) is 18.8 Å². The van der Waals surface area contributed by atoms with Crippen LogP contribution in [-0.4, -0.2) is 49.5 Å². The van der Waals surface area contributed by atoms with Gasteiger partial charge in [-0.15, -0.1) is 0 Å². The van der Waals surface area contributed by atoms with Gasteiger partial charge in [-0.25, -0.2) is 8.42 Å². The third kappa shape index (κ3) is 1.38. The fourth-order valence-corrected chi connectivity index (χ4v) is 5.25. The van der Waals surface area contributed by atoms with Crippen LogP contribution in [0.25, 0.3) is 0 Å². The number of hydrogen-bond acceptors (Lipinski definition) is 4. The van der Waals surface area contributed by atoms with Crippen LogP contribution in [0.5, 0.6) is 0 Å². The van der Waals surface area contributed by atoms with Crippen molar-refractivity contribution in [2.24, 2.45) is 5.73 Å². The summed E-state index contributed by atoms with van der Waals surface area (Å²) in [6.07, 6.45) is 1.88. The minimum absolute atomic E-state index is 0.0821. The van der Waals surface area contributed by atoms with Gasteiger partial charge in [-0.05, 0) is 19.4 Å². The molecule has 0 aromatic rings. The van der Waals surface area contributed by atoms with E-state index in [4.69, 9.17) is 5.73 Å². The highest BCUT2D eigenvalue weighted by Crippen LogP contribution is 2.37. The van der Waals surface area contributed by atoms with E-state index in [9.17, 15) is 8.42 Å². The van der Waals surface area contributed by atoms with Crippen molar-refractivity contribution < 1.29 is 8.42 Å². The van der Waals surface area contributed by atoms with Crippen molar-refractivity contribution >= 4 is 9.84 Å². The van der Waals surface area contributed by atoms with Crippen LogP contribution in [-0.2, 0) is 9.84 Å². The molecule has 0 spiro atoms. The van der Waals surface area contributed by atoms with Gasteiger partial charge in [-0.2, -0.15) is 0 Å². The van der Waals surface area contributed by atoms with E-state index in [2.05, 4.69) is 11.8 Å². The maximum Gasteiger partial charge on any atom is 0.156 e. The summed E-state index contributed by atoms with van der Waals surface area (Å²) in [5.41, 5.74) is 5.66. The van der Waals surface area contributed by atoms with E-state index in [0.717, 1.165) is 19.4 Å². The Morgan fingerprint density at radius 1 is 1.50 bits per heavy atom. The monoisotopic (exact) mass is 218 g/mol. The molecule has 0 amide bonds. The summed E-state index contributed by atoms with van der Waals surface area (Å²) in [7, 11) is -2.82. The van der Waals surface area contributed by atoms with E-state index in [1.807, 2.05) is 0 Å². The van der Waals surface area contributed by atoms with Gasteiger partial charge in [0.15, 0.2) is 9.84 Å². The van der Waals surface area contributed by atoms with E-state index in [0.29, 0.717) is 12.3 Å². The standard InChI is InChI=1S/C9H18N2O2S/c1-2-3-11-7-4-9(8(11)5-10)14(12,13)6-7/h7-9H,2-6,10H2,1H3. The molecule has 0 radical (unpaired) electrons. The Balaban J connectivity index is 2.20. The van der Waals surface area contributed by atoms with Gasteiger partial charge in [0.1, 0.15) is 0 Å². The summed E-state index contributed by atoms with van der Waals surface area (Å²) >= 11 is 0. The highest BCUT2D eigenvalue weighted by molar-refractivity contribution is 7.92. The zero-order valence-corrected chi connectivity index (χ0v) is 9.33. The Bertz CT molecular complexity index is 315. The molecule has 82 valence electrons. The van der Waals surface area contributed by atoms with Crippen LogP contribution in [0.2, 0.25) is 0 Å². The molecule has 2 bridgehead atoms. The Kier molecular flexibility index (Phi) is 2.57. The zero-order valence-electron chi connectivity index (χ0n) is 8.52. The molecule has 0 saturated carbocycles. The minimum atomic E-state index is -2.82. The van der Waals surface area contributed by atoms with Crippen molar-refractivity contribution in [3.8, 4) is 0 Å². The molecule has 2 saturated heterocycles. The van der Waals surface area contributed by atoms with Gasteiger partial charge in [0.25, 0.3) is 0 Å². The summed E-state index contributed by atoms with van der Waals surface area (Å²) in [4.78, 5) is 2.30. The van der Waals surface area contributed by atoms with Crippen LogP contribution in [0, 0.1) is 0 Å². The number of nitrogens with zero attached hydrogens (tertiary/aromatic N) is 1. The quantitative estimate of drug-likeness (QED) is 0.700. The molecule has 5 heteroatoms. The predicted molar refractivity (Wildman–Crippen MR) is 55.8 cm³/mol. The highest BCUT2D eigenvalue weighted by Gasteiger charge is 2.53. The molecule has 2 N–H and O–H groups in total.